The van der Waals surface area contributed by atoms with E-state index in [0.717, 1.165) is 52.1 Å². The molecule has 0 spiro atoms. The third-order valence-electron chi connectivity index (χ3n) is 10.0. The van der Waals surface area contributed by atoms with Gasteiger partial charge in [-0.2, -0.15) is 11.8 Å². The summed E-state index contributed by atoms with van der Waals surface area (Å²) >= 11 is 1.84. The molecule has 7 rings (SSSR count). The van der Waals surface area contributed by atoms with Gasteiger partial charge < -0.3 is 20.4 Å². The number of benzene rings is 2. The predicted octanol–water partition coefficient (Wildman–Crippen LogP) is 5.01. The fourth-order valence-corrected chi connectivity index (χ4v) is 8.40. The monoisotopic (exact) mass is 624 g/mol. The summed E-state index contributed by atoms with van der Waals surface area (Å²) in [7, 11) is 0. The van der Waals surface area contributed by atoms with Crippen molar-refractivity contribution in [2.24, 2.45) is 5.92 Å². The van der Waals surface area contributed by atoms with Gasteiger partial charge in [-0.05, 0) is 62.9 Å². The van der Waals surface area contributed by atoms with Crippen LogP contribution in [0.5, 0.6) is 5.75 Å². The molecule has 0 atom stereocenters. The molecule has 8 nitrogen and oxygen atoms in total. The van der Waals surface area contributed by atoms with Gasteiger partial charge in [0, 0.05) is 61.3 Å². The van der Waals surface area contributed by atoms with E-state index in [-0.39, 0.29) is 11.2 Å². The molecular weight excluding hydrogens is 582 g/mol. The Balaban J connectivity index is 0.861. The summed E-state index contributed by atoms with van der Waals surface area (Å²) in [4.78, 5) is 27.2. The number of nitrogens with one attached hydrogen (secondary N) is 1. The molecule has 3 aromatic rings. The Morgan fingerprint density at radius 3 is 2.43 bits per heavy atom. The summed E-state index contributed by atoms with van der Waals surface area (Å²) in [5, 5.41) is 0.603. The van der Waals surface area contributed by atoms with Gasteiger partial charge in [0.1, 0.15) is 28.6 Å². The molecule has 3 saturated heterocycles. The quantitative estimate of drug-likeness (QED) is 0.321. The lowest BCUT2D eigenvalue weighted by atomic mass is 9.93. The highest BCUT2D eigenvalue weighted by molar-refractivity contribution is 7.99. The number of fused-ring (bicyclic) bond motifs is 1. The van der Waals surface area contributed by atoms with Gasteiger partial charge in [-0.25, -0.2) is 13.8 Å². The van der Waals surface area contributed by atoms with Gasteiger partial charge in [-0.1, -0.05) is 19.3 Å². The van der Waals surface area contributed by atoms with Crippen molar-refractivity contribution in [2.45, 2.75) is 68.0 Å². The molecule has 1 saturated carbocycles. The Morgan fingerprint density at radius 1 is 0.932 bits per heavy atom. The van der Waals surface area contributed by atoms with Crippen LogP contribution in [0.2, 0.25) is 0 Å². The summed E-state index contributed by atoms with van der Waals surface area (Å²) in [6, 6.07) is 9.01. The highest BCUT2D eigenvalue weighted by atomic mass is 32.2. The number of H-pyrrole nitrogens is 1. The topological polar surface area (TPSA) is 90.7 Å². The van der Waals surface area contributed by atoms with Crippen molar-refractivity contribution in [1.29, 1.82) is 0 Å². The van der Waals surface area contributed by atoms with Crippen LogP contribution in [0, 0.1) is 17.6 Å². The molecule has 4 fully saturated rings. The number of piperidine rings is 1. The van der Waals surface area contributed by atoms with E-state index in [1.165, 1.54) is 44.2 Å². The maximum Gasteiger partial charge on any atom is 0.261 e. The smallest absolute Gasteiger partial charge is 0.261 e. The highest BCUT2D eigenvalue weighted by Gasteiger charge is 2.42. The number of nitrogens with zero attached hydrogens (tertiary/aromatic N) is 4. The molecule has 236 valence electrons. The summed E-state index contributed by atoms with van der Waals surface area (Å²) in [6.07, 6.45) is 8.34. The molecule has 0 radical (unpaired) electrons. The Bertz CT molecular complexity index is 1530. The van der Waals surface area contributed by atoms with Crippen LogP contribution in [-0.4, -0.2) is 83.0 Å². The van der Waals surface area contributed by atoms with E-state index >= 15 is 0 Å². The number of hydrogen-bond donors (Lipinski definition) is 2. The van der Waals surface area contributed by atoms with Gasteiger partial charge in [0.15, 0.2) is 0 Å². The zero-order valence-corrected chi connectivity index (χ0v) is 26.0. The van der Waals surface area contributed by atoms with E-state index in [2.05, 4.69) is 24.7 Å². The number of aromatic amines is 1. The highest BCUT2D eigenvalue weighted by Crippen LogP contribution is 2.33. The Hall–Kier alpha value is -2.89. The van der Waals surface area contributed by atoms with Gasteiger partial charge in [-0.15, -0.1) is 0 Å². The molecule has 0 amide bonds. The second-order valence-corrected chi connectivity index (χ2v) is 14.3. The molecule has 3 N–H and O–H groups in total. The van der Waals surface area contributed by atoms with Crippen molar-refractivity contribution in [3.8, 4) is 5.75 Å². The zero-order chi connectivity index (χ0) is 30.2. The largest absolute Gasteiger partial charge is 0.493 e. The second kappa shape index (κ2) is 12.8. The normalized spacial score (nSPS) is 21.5. The van der Waals surface area contributed by atoms with Gasteiger partial charge >= 0.3 is 0 Å². The van der Waals surface area contributed by atoms with Crippen molar-refractivity contribution in [2.75, 3.05) is 56.5 Å². The third-order valence-corrected chi connectivity index (χ3v) is 11.4. The number of thioether (sulfide) groups is 1. The molecule has 11 heteroatoms. The number of likely N-dealkylation sites (tertiary alicyclic amines) is 2. The molecule has 4 heterocycles. The van der Waals surface area contributed by atoms with Crippen LogP contribution in [0.1, 0.15) is 50.8 Å². The number of hydrogen-bond acceptors (Lipinski definition) is 8. The number of aromatic nitrogens is 2. The van der Waals surface area contributed by atoms with Crippen molar-refractivity contribution in [3.63, 3.8) is 0 Å². The van der Waals surface area contributed by atoms with Crippen LogP contribution in [0.25, 0.3) is 10.9 Å². The predicted molar refractivity (Wildman–Crippen MR) is 172 cm³/mol. The molecule has 44 heavy (non-hydrogen) atoms. The maximum atomic E-state index is 14.9. The Morgan fingerprint density at radius 2 is 1.68 bits per heavy atom. The number of anilines is 2. The maximum absolute atomic E-state index is 14.9. The molecule has 1 aromatic heterocycles. The van der Waals surface area contributed by atoms with Crippen molar-refractivity contribution < 1.29 is 13.5 Å². The Kier molecular flexibility index (Phi) is 8.70. The SMILES string of the molecule is Nc1ccc(N2CC(N3CC(N4CCC(COc5cc(F)c6c(=O)[nH]c(CSC7CCCCC7)nc6c5)CC4)C3)C2)c(F)c1. The van der Waals surface area contributed by atoms with E-state index in [1.54, 1.807) is 18.2 Å². The fourth-order valence-electron chi connectivity index (χ4n) is 7.21. The average Bonchev–Trinajstić information content (AvgIpc) is 2.97. The van der Waals surface area contributed by atoms with Crippen LogP contribution >= 0.6 is 11.8 Å². The van der Waals surface area contributed by atoms with E-state index in [0.29, 0.717) is 64.1 Å². The minimum atomic E-state index is -0.588. The van der Waals surface area contributed by atoms with Gasteiger partial charge in [0.05, 0.1) is 23.6 Å². The van der Waals surface area contributed by atoms with E-state index in [4.69, 9.17) is 10.5 Å². The van der Waals surface area contributed by atoms with Crippen LogP contribution in [-0.2, 0) is 5.75 Å². The fraction of sp³-hybridized carbons (Fsp3) is 0.576. The lowest BCUT2D eigenvalue weighted by Crippen LogP contribution is -2.70. The summed E-state index contributed by atoms with van der Waals surface area (Å²) in [5.74, 6) is 1.23. The van der Waals surface area contributed by atoms with Crippen molar-refractivity contribution in [1.82, 2.24) is 19.8 Å². The molecule has 0 unspecified atom stereocenters. The van der Waals surface area contributed by atoms with E-state index < -0.39 is 11.4 Å². The van der Waals surface area contributed by atoms with Crippen LogP contribution in [0.15, 0.2) is 35.1 Å². The average molecular weight is 625 g/mol. The molecule has 2 aromatic carbocycles. The first kappa shape index (κ1) is 29.8. The summed E-state index contributed by atoms with van der Waals surface area (Å²) < 4.78 is 35.3. The van der Waals surface area contributed by atoms with E-state index in [9.17, 15) is 13.6 Å². The lowest BCUT2D eigenvalue weighted by molar-refractivity contribution is -0.0192. The molecule has 4 aliphatic rings. The molecular formula is C33H42F2N6O2S. The minimum absolute atomic E-state index is 0.00126. The summed E-state index contributed by atoms with van der Waals surface area (Å²) in [5.41, 5.74) is 6.72. The minimum Gasteiger partial charge on any atom is -0.493 e. The first-order valence-electron chi connectivity index (χ1n) is 16.1. The lowest BCUT2D eigenvalue weighted by Gasteiger charge is -2.55. The number of nitrogens with two attached hydrogens (primary N) is 1. The molecule has 3 aliphatic heterocycles. The number of ether oxygens (including phenoxy) is 1. The first-order valence-corrected chi connectivity index (χ1v) is 17.2. The standard InChI is InChI=1S/C33H42F2N6O2S/c34-27-12-22(36)6-7-30(27)41-17-24(18-41)40-15-23(16-40)39-10-8-21(9-11-39)19-43-25-13-28(35)32-29(14-25)37-31(38-33(32)42)20-44-26-4-2-1-3-5-26/h6-7,12-14,21,23-24,26H,1-5,8-11,15-20,36H2,(H,37,38,42). The van der Waals surface area contributed by atoms with Crippen molar-refractivity contribution in [3.05, 3.63) is 58.1 Å². The zero-order valence-electron chi connectivity index (χ0n) is 25.1. The number of rotatable bonds is 9. The molecule has 0 bridgehead atoms. The van der Waals surface area contributed by atoms with Gasteiger partial charge in [-0.3, -0.25) is 14.6 Å². The van der Waals surface area contributed by atoms with E-state index in [1.807, 2.05) is 11.8 Å². The van der Waals surface area contributed by atoms with Crippen LogP contribution < -0.4 is 20.9 Å². The van der Waals surface area contributed by atoms with Gasteiger partial charge in [0.25, 0.3) is 5.56 Å². The van der Waals surface area contributed by atoms with Crippen molar-refractivity contribution >= 4 is 34.0 Å². The number of halogens is 2. The molecule has 1 aliphatic carbocycles. The van der Waals surface area contributed by atoms with Crippen LogP contribution in [0.4, 0.5) is 20.2 Å². The third kappa shape index (κ3) is 6.41. The first-order chi connectivity index (χ1) is 21.4. The number of nitrogen functional groups attached to an aromatic ring is 1. The van der Waals surface area contributed by atoms with Gasteiger partial charge in [0.2, 0.25) is 0 Å². The van der Waals surface area contributed by atoms with Crippen LogP contribution in [0.3, 0.4) is 0 Å². The summed E-state index contributed by atoms with van der Waals surface area (Å²) in [6.45, 7) is 6.43. The second-order valence-electron chi connectivity index (χ2n) is 13.1. The Labute approximate surface area is 261 Å².